The zero-order chi connectivity index (χ0) is 14.7. The molecular formula is C15H13ClFNO2. The van der Waals surface area contributed by atoms with Crippen molar-refractivity contribution in [3.63, 3.8) is 0 Å². The lowest BCUT2D eigenvalue weighted by Gasteiger charge is -2.10. The van der Waals surface area contributed by atoms with Gasteiger partial charge in [0.25, 0.3) is 5.91 Å². The minimum atomic E-state index is -0.631. The maximum Gasteiger partial charge on any atom is 0.258 e. The standard InChI is InChI=1S/C15H13ClFNO2/c1-9-7-10(16)3-6-14(9)18-15(19)12-5-4-11(20-2)8-13(12)17/h3-8H,1-2H3,(H,18,19). The first-order chi connectivity index (χ1) is 9.51. The monoisotopic (exact) mass is 293 g/mol. The largest absolute Gasteiger partial charge is 0.497 e. The van der Waals surface area contributed by atoms with E-state index in [1.54, 1.807) is 18.2 Å². The second-order valence-corrected chi connectivity index (χ2v) is 4.70. The Labute approximate surface area is 121 Å². The molecule has 0 aliphatic heterocycles. The second-order valence-electron chi connectivity index (χ2n) is 4.26. The van der Waals surface area contributed by atoms with Gasteiger partial charge in [-0.3, -0.25) is 4.79 Å². The Balaban J connectivity index is 2.24. The quantitative estimate of drug-likeness (QED) is 0.927. The van der Waals surface area contributed by atoms with E-state index in [4.69, 9.17) is 16.3 Å². The number of ether oxygens (including phenoxy) is 1. The van der Waals surface area contributed by atoms with Gasteiger partial charge in [0, 0.05) is 16.8 Å². The average molecular weight is 294 g/mol. The molecule has 0 spiro atoms. The van der Waals surface area contributed by atoms with Crippen LogP contribution in [0.2, 0.25) is 5.02 Å². The summed E-state index contributed by atoms with van der Waals surface area (Å²) in [4.78, 5) is 12.0. The second kappa shape index (κ2) is 5.92. The number of hydrogen-bond acceptors (Lipinski definition) is 2. The molecule has 104 valence electrons. The van der Waals surface area contributed by atoms with Gasteiger partial charge in [0.1, 0.15) is 11.6 Å². The van der Waals surface area contributed by atoms with Gasteiger partial charge in [-0.2, -0.15) is 0 Å². The minimum Gasteiger partial charge on any atom is -0.497 e. The fraction of sp³-hybridized carbons (Fsp3) is 0.133. The van der Waals surface area contributed by atoms with E-state index in [0.29, 0.717) is 16.5 Å². The van der Waals surface area contributed by atoms with Crippen molar-refractivity contribution in [2.45, 2.75) is 6.92 Å². The van der Waals surface area contributed by atoms with Gasteiger partial charge in [-0.05, 0) is 42.8 Å². The van der Waals surface area contributed by atoms with E-state index in [9.17, 15) is 9.18 Å². The van der Waals surface area contributed by atoms with E-state index in [1.807, 2.05) is 6.92 Å². The third kappa shape index (κ3) is 3.08. The van der Waals surface area contributed by atoms with Crippen molar-refractivity contribution >= 4 is 23.2 Å². The Morgan fingerprint density at radius 3 is 2.60 bits per heavy atom. The maximum absolute atomic E-state index is 13.8. The third-order valence-electron chi connectivity index (χ3n) is 2.86. The fourth-order valence-corrected chi connectivity index (χ4v) is 1.99. The van der Waals surface area contributed by atoms with Crippen molar-refractivity contribution in [1.29, 1.82) is 0 Å². The lowest BCUT2D eigenvalue weighted by molar-refractivity contribution is 0.102. The Morgan fingerprint density at radius 2 is 2.00 bits per heavy atom. The molecule has 0 bridgehead atoms. The summed E-state index contributed by atoms with van der Waals surface area (Å²) in [6.07, 6.45) is 0. The van der Waals surface area contributed by atoms with Crippen LogP contribution < -0.4 is 10.1 Å². The van der Waals surface area contributed by atoms with Crippen LogP contribution in [0.1, 0.15) is 15.9 Å². The highest BCUT2D eigenvalue weighted by Crippen LogP contribution is 2.22. The first-order valence-electron chi connectivity index (χ1n) is 5.92. The van der Waals surface area contributed by atoms with Crippen molar-refractivity contribution in [1.82, 2.24) is 0 Å². The van der Waals surface area contributed by atoms with Gasteiger partial charge in [-0.25, -0.2) is 4.39 Å². The van der Waals surface area contributed by atoms with Crippen LogP contribution in [-0.2, 0) is 0 Å². The summed E-state index contributed by atoms with van der Waals surface area (Å²) < 4.78 is 18.7. The molecule has 2 aromatic carbocycles. The van der Waals surface area contributed by atoms with Crippen LogP contribution in [0.5, 0.6) is 5.75 Å². The smallest absolute Gasteiger partial charge is 0.258 e. The van der Waals surface area contributed by atoms with E-state index in [0.717, 1.165) is 5.56 Å². The molecule has 0 saturated carbocycles. The summed E-state index contributed by atoms with van der Waals surface area (Å²) in [5, 5.41) is 3.23. The zero-order valence-corrected chi connectivity index (χ0v) is 11.8. The molecule has 2 rings (SSSR count). The summed E-state index contributed by atoms with van der Waals surface area (Å²) >= 11 is 5.84. The normalized spacial score (nSPS) is 10.2. The van der Waals surface area contributed by atoms with Gasteiger partial charge >= 0.3 is 0 Å². The number of halogens is 2. The number of carbonyl (C=O) groups excluding carboxylic acids is 1. The van der Waals surface area contributed by atoms with E-state index in [1.165, 1.54) is 25.3 Å². The number of amides is 1. The van der Waals surface area contributed by atoms with Gasteiger partial charge < -0.3 is 10.1 Å². The summed E-state index contributed by atoms with van der Waals surface area (Å²) in [6, 6.07) is 9.15. The minimum absolute atomic E-state index is 0.0415. The number of benzene rings is 2. The van der Waals surface area contributed by atoms with Crippen molar-refractivity contribution in [3.8, 4) is 5.75 Å². The Morgan fingerprint density at radius 1 is 1.25 bits per heavy atom. The molecule has 2 aromatic rings. The molecule has 0 heterocycles. The molecule has 0 aliphatic carbocycles. The van der Waals surface area contributed by atoms with Crippen LogP contribution in [0.4, 0.5) is 10.1 Å². The van der Waals surface area contributed by atoms with Crippen LogP contribution in [0.25, 0.3) is 0 Å². The highest BCUT2D eigenvalue weighted by atomic mass is 35.5. The first-order valence-corrected chi connectivity index (χ1v) is 6.30. The third-order valence-corrected chi connectivity index (χ3v) is 3.09. The number of anilines is 1. The van der Waals surface area contributed by atoms with Crippen molar-refractivity contribution in [2.24, 2.45) is 0 Å². The van der Waals surface area contributed by atoms with Gasteiger partial charge in [0.15, 0.2) is 0 Å². The Bertz CT molecular complexity index is 658. The Kier molecular flexibility index (Phi) is 4.25. The fourth-order valence-electron chi connectivity index (χ4n) is 1.76. The molecule has 0 aromatic heterocycles. The van der Waals surface area contributed by atoms with Crippen LogP contribution >= 0.6 is 11.6 Å². The van der Waals surface area contributed by atoms with E-state index in [2.05, 4.69) is 5.32 Å². The summed E-state index contributed by atoms with van der Waals surface area (Å²) in [7, 11) is 1.44. The van der Waals surface area contributed by atoms with Crippen LogP contribution in [0.15, 0.2) is 36.4 Å². The lowest BCUT2D eigenvalue weighted by Crippen LogP contribution is -2.14. The molecule has 0 saturated heterocycles. The summed E-state index contributed by atoms with van der Waals surface area (Å²) in [5.74, 6) is -0.786. The highest BCUT2D eigenvalue weighted by molar-refractivity contribution is 6.30. The van der Waals surface area contributed by atoms with Gasteiger partial charge in [-0.1, -0.05) is 11.6 Å². The molecule has 0 fully saturated rings. The van der Waals surface area contributed by atoms with Crippen molar-refractivity contribution in [2.75, 3.05) is 12.4 Å². The van der Waals surface area contributed by atoms with Crippen LogP contribution in [-0.4, -0.2) is 13.0 Å². The van der Waals surface area contributed by atoms with Gasteiger partial charge in [0.2, 0.25) is 0 Å². The highest BCUT2D eigenvalue weighted by Gasteiger charge is 2.13. The SMILES string of the molecule is COc1ccc(C(=O)Nc2ccc(Cl)cc2C)c(F)c1. The molecule has 20 heavy (non-hydrogen) atoms. The molecule has 0 unspecified atom stereocenters. The molecule has 1 amide bonds. The topological polar surface area (TPSA) is 38.3 Å². The van der Waals surface area contributed by atoms with Crippen LogP contribution in [0, 0.1) is 12.7 Å². The van der Waals surface area contributed by atoms with Gasteiger partial charge in [0.05, 0.1) is 12.7 Å². The maximum atomic E-state index is 13.8. The number of aryl methyl sites for hydroxylation is 1. The van der Waals surface area contributed by atoms with Crippen molar-refractivity contribution in [3.05, 3.63) is 58.4 Å². The zero-order valence-electron chi connectivity index (χ0n) is 11.0. The number of nitrogens with one attached hydrogen (secondary N) is 1. The lowest BCUT2D eigenvalue weighted by atomic mass is 10.1. The number of carbonyl (C=O) groups is 1. The predicted molar refractivity (Wildman–Crippen MR) is 77.1 cm³/mol. The molecule has 0 atom stereocenters. The number of rotatable bonds is 3. The molecule has 0 radical (unpaired) electrons. The molecular weight excluding hydrogens is 281 g/mol. The van der Waals surface area contributed by atoms with E-state index in [-0.39, 0.29) is 5.56 Å². The predicted octanol–water partition coefficient (Wildman–Crippen LogP) is 4.05. The van der Waals surface area contributed by atoms with Crippen LogP contribution in [0.3, 0.4) is 0 Å². The molecule has 1 N–H and O–H groups in total. The molecule has 5 heteroatoms. The first kappa shape index (κ1) is 14.3. The Hall–Kier alpha value is -2.07. The number of methoxy groups -OCH3 is 1. The number of hydrogen-bond donors (Lipinski definition) is 1. The van der Waals surface area contributed by atoms with E-state index >= 15 is 0 Å². The molecule has 0 aliphatic rings. The van der Waals surface area contributed by atoms with Crippen molar-refractivity contribution < 1.29 is 13.9 Å². The summed E-state index contributed by atoms with van der Waals surface area (Å²) in [6.45, 7) is 1.81. The summed E-state index contributed by atoms with van der Waals surface area (Å²) in [5.41, 5.74) is 1.36. The molecule has 3 nitrogen and oxygen atoms in total. The van der Waals surface area contributed by atoms with Gasteiger partial charge in [-0.15, -0.1) is 0 Å². The van der Waals surface area contributed by atoms with E-state index < -0.39 is 11.7 Å². The average Bonchev–Trinajstić information content (AvgIpc) is 2.41.